The molecule has 1 aliphatic heterocycles. The summed E-state index contributed by atoms with van der Waals surface area (Å²) in [5, 5.41) is 6.19. The summed E-state index contributed by atoms with van der Waals surface area (Å²) in [6.45, 7) is 7.28. The Hall–Kier alpha value is -0.810. The van der Waals surface area contributed by atoms with Crippen LogP contribution in [-0.2, 0) is 9.59 Å². The van der Waals surface area contributed by atoms with E-state index in [2.05, 4.69) is 10.6 Å². The number of hydrogen-bond acceptors (Lipinski definition) is 3. The molecule has 0 aliphatic carbocycles. The van der Waals surface area contributed by atoms with Gasteiger partial charge in [0.1, 0.15) is 0 Å². The van der Waals surface area contributed by atoms with Gasteiger partial charge in [-0.1, -0.05) is 0 Å². The molecule has 1 heterocycles. The molecule has 112 valence electrons. The second-order valence-electron chi connectivity index (χ2n) is 4.68. The van der Waals surface area contributed by atoms with Gasteiger partial charge < -0.3 is 15.5 Å². The van der Waals surface area contributed by atoms with Gasteiger partial charge in [0.2, 0.25) is 11.8 Å². The molecule has 1 rings (SSSR count). The number of nitrogens with zero attached hydrogens (tertiary/aromatic N) is 1. The molecule has 19 heavy (non-hydrogen) atoms. The van der Waals surface area contributed by atoms with Crippen molar-refractivity contribution in [2.24, 2.45) is 0 Å². The first-order chi connectivity index (χ1) is 8.67. The molecule has 0 saturated carbocycles. The van der Waals surface area contributed by atoms with E-state index in [-0.39, 0.29) is 30.3 Å². The maximum atomic E-state index is 11.7. The van der Waals surface area contributed by atoms with Crippen LogP contribution in [0.25, 0.3) is 0 Å². The minimum Gasteiger partial charge on any atom is -0.352 e. The van der Waals surface area contributed by atoms with Gasteiger partial charge in [-0.15, -0.1) is 12.4 Å². The van der Waals surface area contributed by atoms with Crippen molar-refractivity contribution in [3.05, 3.63) is 0 Å². The van der Waals surface area contributed by atoms with Crippen molar-refractivity contribution in [3.8, 4) is 0 Å². The van der Waals surface area contributed by atoms with Crippen molar-refractivity contribution in [1.82, 2.24) is 15.5 Å². The van der Waals surface area contributed by atoms with Crippen LogP contribution in [0.4, 0.5) is 0 Å². The lowest BCUT2D eigenvalue weighted by Gasteiger charge is -2.18. The van der Waals surface area contributed by atoms with E-state index in [1.807, 2.05) is 13.8 Å². The third kappa shape index (κ3) is 6.78. The molecule has 0 radical (unpaired) electrons. The van der Waals surface area contributed by atoms with Crippen molar-refractivity contribution in [1.29, 1.82) is 0 Å². The summed E-state index contributed by atoms with van der Waals surface area (Å²) in [5.74, 6) is 0.214. The molecule has 1 aliphatic rings. The second kappa shape index (κ2) is 10.0. The minimum absolute atomic E-state index is 0. The SMILES string of the molecule is CCN(CC)C(=O)CCCC(=O)NC1CCNC1.Cl. The highest BCUT2D eigenvalue weighted by molar-refractivity contribution is 5.85. The minimum atomic E-state index is 0. The molecule has 0 aromatic rings. The van der Waals surface area contributed by atoms with Crippen molar-refractivity contribution < 1.29 is 9.59 Å². The lowest BCUT2D eigenvalue weighted by atomic mass is 10.2. The summed E-state index contributed by atoms with van der Waals surface area (Å²) in [5.41, 5.74) is 0. The molecule has 1 fully saturated rings. The molecule has 1 atom stereocenters. The van der Waals surface area contributed by atoms with Crippen molar-refractivity contribution >= 4 is 24.2 Å². The fraction of sp³-hybridized carbons (Fsp3) is 0.846. The first-order valence-electron chi connectivity index (χ1n) is 6.95. The van der Waals surface area contributed by atoms with Crippen LogP contribution in [-0.4, -0.2) is 48.9 Å². The van der Waals surface area contributed by atoms with Crippen LogP contribution in [0.5, 0.6) is 0 Å². The second-order valence-corrected chi connectivity index (χ2v) is 4.68. The normalized spacial score (nSPS) is 17.7. The monoisotopic (exact) mass is 291 g/mol. The van der Waals surface area contributed by atoms with Crippen LogP contribution in [0.1, 0.15) is 39.5 Å². The van der Waals surface area contributed by atoms with E-state index in [1.54, 1.807) is 4.90 Å². The number of carbonyl (C=O) groups excluding carboxylic acids is 2. The number of nitrogens with one attached hydrogen (secondary N) is 2. The van der Waals surface area contributed by atoms with Crippen LogP contribution in [0.3, 0.4) is 0 Å². The van der Waals surface area contributed by atoms with Crippen LogP contribution < -0.4 is 10.6 Å². The summed E-state index contributed by atoms with van der Waals surface area (Å²) in [7, 11) is 0. The highest BCUT2D eigenvalue weighted by atomic mass is 35.5. The lowest BCUT2D eigenvalue weighted by molar-refractivity contribution is -0.131. The van der Waals surface area contributed by atoms with E-state index in [0.29, 0.717) is 19.3 Å². The van der Waals surface area contributed by atoms with E-state index in [1.165, 1.54) is 0 Å². The number of halogens is 1. The fourth-order valence-electron chi connectivity index (χ4n) is 2.21. The number of carbonyl (C=O) groups is 2. The summed E-state index contributed by atoms with van der Waals surface area (Å²) >= 11 is 0. The summed E-state index contributed by atoms with van der Waals surface area (Å²) in [6.07, 6.45) is 2.56. The topological polar surface area (TPSA) is 61.4 Å². The molecule has 0 bridgehead atoms. The first kappa shape index (κ1) is 18.2. The van der Waals surface area contributed by atoms with Crippen LogP contribution >= 0.6 is 12.4 Å². The quantitative estimate of drug-likeness (QED) is 0.733. The average Bonchev–Trinajstić information content (AvgIpc) is 2.83. The third-order valence-electron chi connectivity index (χ3n) is 3.34. The molecule has 2 N–H and O–H groups in total. The Morgan fingerprint density at radius 1 is 1.26 bits per heavy atom. The zero-order chi connectivity index (χ0) is 13.4. The molecule has 1 saturated heterocycles. The Balaban J connectivity index is 0.00000324. The lowest BCUT2D eigenvalue weighted by Crippen LogP contribution is -2.36. The van der Waals surface area contributed by atoms with Crippen molar-refractivity contribution in [3.63, 3.8) is 0 Å². The zero-order valence-corrected chi connectivity index (χ0v) is 12.7. The molecule has 0 spiro atoms. The molecule has 0 aromatic carbocycles. The van der Waals surface area contributed by atoms with E-state index in [0.717, 1.165) is 32.6 Å². The highest BCUT2D eigenvalue weighted by Gasteiger charge is 2.16. The van der Waals surface area contributed by atoms with Gasteiger partial charge in [0, 0.05) is 38.5 Å². The molecule has 6 heteroatoms. The maximum absolute atomic E-state index is 11.7. The van der Waals surface area contributed by atoms with Gasteiger partial charge in [0.25, 0.3) is 0 Å². The van der Waals surface area contributed by atoms with Gasteiger partial charge >= 0.3 is 0 Å². The van der Waals surface area contributed by atoms with Gasteiger partial charge in [0.05, 0.1) is 0 Å². The van der Waals surface area contributed by atoms with E-state index in [4.69, 9.17) is 0 Å². The first-order valence-corrected chi connectivity index (χ1v) is 6.95. The standard InChI is InChI=1S/C13H25N3O2.ClH/c1-3-16(4-2)13(18)7-5-6-12(17)15-11-8-9-14-10-11;/h11,14H,3-10H2,1-2H3,(H,15,17);1H. The summed E-state index contributed by atoms with van der Waals surface area (Å²) < 4.78 is 0. The smallest absolute Gasteiger partial charge is 0.222 e. The Labute approximate surface area is 121 Å². The van der Waals surface area contributed by atoms with Gasteiger partial charge in [-0.25, -0.2) is 0 Å². The van der Waals surface area contributed by atoms with Crippen LogP contribution in [0, 0.1) is 0 Å². The molecule has 5 nitrogen and oxygen atoms in total. The number of rotatable bonds is 7. The van der Waals surface area contributed by atoms with Gasteiger partial charge in [-0.3, -0.25) is 9.59 Å². The Morgan fingerprint density at radius 2 is 1.95 bits per heavy atom. The van der Waals surface area contributed by atoms with Gasteiger partial charge in [-0.05, 0) is 33.2 Å². The van der Waals surface area contributed by atoms with E-state index < -0.39 is 0 Å². The van der Waals surface area contributed by atoms with Crippen LogP contribution in [0.15, 0.2) is 0 Å². The fourth-order valence-corrected chi connectivity index (χ4v) is 2.21. The van der Waals surface area contributed by atoms with E-state index in [9.17, 15) is 9.59 Å². The predicted octanol–water partition coefficient (Wildman–Crippen LogP) is 0.925. The predicted molar refractivity (Wildman–Crippen MR) is 78.4 cm³/mol. The third-order valence-corrected chi connectivity index (χ3v) is 3.34. The van der Waals surface area contributed by atoms with Gasteiger partial charge in [0.15, 0.2) is 0 Å². The van der Waals surface area contributed by atoms with Crippen molar-refractivity contribution in [2.45, 2.75) is 45.6 Å². The Kier molecular flexibility index (Phi) is 9.61. The Morgan fingerprint density at radius 3 is 2.47 bits per heavy atom. The molecule has 1 unspecified atom stereocenters. The molecule has 2 amide bonds. The van der Waals surface area contributed by atoms with Gasteiger partial charge in [-0.2, -0.15) is 0 Å². The van der Waals surface area contributed by atoms with E-state index >= 15 is 0 Å². The maximum Gasteiger partial charge on any atom is 0.222 e. The molecular weight excluding hydrogens is 266 g/mol. The summed E-state index contributed by atoms with van der Waals surface area (Å²) in [6, 6.07) is 0.274. The highest BCUT2D eigenvalue weighted by Crippen LogP contribution is 2.03. The molecular formula is C13H26ClN3O2. The zero-order valence-electron chi connectivity index (χ0n) is 11.9. The van der Waals surface area contributed by atoms with Crippen molar-refractivity contribution in [2.75, 3.05) is 26.2 Å². The van der Waals surface area contributed by atoms with Crippen LogP contribution in [0.2, 0.25) is 0 Å². The average molecular weight is 292 g/mol. The molecule has 0 aromatic heterocycles. The summed E-state index contributed by atoms with van der Waals surface area (Å²) in [4.78, 5) is 25.1. The Bertz CT molecular complexity index is 277. The number of hydrogen-bond donors (Lipinski definition) is 2. The number of amides is 2. The largest absolute Gasteiger partial charge is 0.352 e.